The summed E-state index contributed by atoms with van der Waals surface area (Å²) in [7, 11) is 0. The van der Waals surface area contributed by atoms with Gasteiger partial charge in [0.25, 0.3) is 0 Å². The minimum absolute atomic E-state index is 0.193. The fourth-order valence-corrected chi connectivity index (χ4v) is 3.71. The van der Waals surface area contributed by atoms with Gasteiger partial charge in [0.15, 0.2) is 0 Å². The quantitative estimate of drug-likeness (QED) is 0.782. The Labute approximate surface area is 111 Å². The molecule has 0 unspecified atom stereocenters. The molecule has 0 bridgehead atoms. The maximum Gasteiger partial charge on any atom is 0.330 e. The van der Waals surface area contributed by atoms with E-state index >= 15 is 0 Å². The van der Waals surface area contributed by atoms with Crippen LogP contribution in [0.2, 0.25) is 0 Å². The monoisotopic (exact) mass is 262 g/mol. The van der Waals surface area contributed by atoms with Crippen LogP contribution in [0, 0.1) is 16.7 Å². The van der Waals surface area contributed by atoms with E-state index in [0.29, 0.717) is 25.3 Å². The van der Waals surface area contributed by atoms with Gasteiger partial charge in [-0.1, -0.05) is 6.42 Å². The van der Waals surface area contributed by atoms with Crippen LogP contribution in [0.4, 0.5) is 4.79 Å². The summed E-state index contributed by atoms with van der Waals surface area (Å²) in [5.41, 5.74) is -0.716. The second-order valence-corrected chi connectivity index (χ2v) is 6.72. The Kier molecular flexibility index (Phi) is 2.03. The first-order valence-electron chi connectivity index (χ1n) is 7.25. The predicted octanol–water partition coefficient (Wildman–Crippen LogP) is 1.43. The molecule has 4 aliphatic rings. The van der Waals surface area contributed by atoms with Crippen molar-refractivity contribution in [3.63, 3.8) is 0 Å². The highest BCUT2D eigenvalue weighted by atomic mass is 16.2. The van der Waals surface area contributed by atoms with Crippen molar-refractivity contribution in [1.29, 1.82) is 0 Å². The smallest absolute Gasteiger partial charge is 0.277 e. The number of rotatable bonds is 3. The van der Waals surface area contributed by atoms with E-state index in [9.17, 15) is 14.4 Å². The Balaban J connectivity index is 1.58. The van der Waals surface area contributed by atoms with Crippen LogP contribution in [0.3, 0.4) is 0 Å². The largest absolute Gasteiger partial charge is 0.330 e. The lowest BCUT2D eigenvalue weighted by Crippen LogP contribution is -2.66. The van der Waals surface area contributed by atoms with E-state index in [1.54, 1.807) is 0 Å². The molecule has 1 heterocycles. The van der Waals surface area contributed by atoms with Gasteiger partial charge in [0.05, 0.1) is 0 Å². The Hall–Kier alpha value is -1.39. The number of hydrogen-bond acceptors (Lipinski definition) is 3. The molecular formula is C14H18N2O3. The molecule has 5 nitrogen and oxygen atoms in total. The van der Waals surface area contributed by atoms with Crippen molar-refractivity contribution in [1.82, 2.24) is 10.2 Å². The summed E-state index contributed by atoms with van der Waals surface area (Å²) in [6.45, 7) is 0.525. The SMILES string of the molecule is O=C1NC(=O)C2(CCC2)C(=O)N1CC1(C2CC2)CC1. The maximum absolute atomic E-state index is 12.5. The Morgan fingerprint density at radius 2 is 1.79 bits per heavy atom. The van der Waals surface area contributed by atoms with Gasteiger partial charge in [-0.3, -0.25) is 19.8 Å². The summed E-state index contributed by atoms with van der Waals surface area (Å²) in [5.74, 6) is 0.0868. The molecule has 3 saturated carbocycles. The van der Waals surface area contributed by atoms with E-state index < -0.39 is 11.4 Å². The van der Waals surface area contributed by atoms with Gasteiger partial charge < -0.3 is 0 Å². The zero-order chi connectivity index (χ0) is 13.3. The highest BCUT2D eigenvalue weighted by Gasteiger charge is 2.61. The van der Waals surface area contributed by atoms with Crippen LogP contribution < -0.4 is 5.32 Å². The van der Waals surface area contributed by atoms with Crippen molar-refractivity contribution in [3.8, 4) is 0 Å². The molecule has 1 aliphatic heterocycles. The number of carbonyl (C=O) groups is 3. The molecule has 0 aromatic carbocycles. The minimum atomic E-state index is -0.909. The fraction of sp³-hybridized carbons (Fsp3) is 0.786. The van der Waals surface area contributed by atoms with E-state index in [2.05, 4.69) is 5.32 Å². The van der Waals surface area contributed by atoms with Crippen molar-refractivity contribution in [3.05, 3.63) is 0 Å². The van der Waals surface area contributed by atoms with E-state index in [0.717, 1.165) is 19.3 Å². The average Bonchev–Trinajstić information content (AvgIpc) is 3.14. The molecule has 4 amide bonds. The lowest BCUT2D eigenvalue weighted by molar-refractivity contribution is -0.158. The first-order valence-corrected chi connectivity index (χ1v) is 7.25. The van der Waals surface area contributed by atoms with E-state index in [-0.39, 0.29) is 17.2 Å². The molecule has 0 radical (unpaired) electrons. The first-order chi connectivity index (χ1) is 9.07. The predicted molar refractivity (Wildman–Crippen MR) is 65.9 cm³/mol. The number of imide groups is 2. The van der Waals surface area contributed by atoms with Crippen molar-refractivity contribution in [2.45, 2.75) is 44.9 Å². The fourth-order valence-electron chi connectivity index (χ4n) is 3.71. The molecule has 1 saturated heterocycles. The third-order valence-corrected chi connectivity index (χ3v) is 5.57. The second kappa shape index (κ2) is 3.38. The van der Waals surface area contributed by atoms with Crippen LogP contribution in [0.1, 0.15) is 44.9 Å². The van der Waals surface area contributed by atoms with Crippen LogP contribution in [-0.4, -0.2) is 29.3 Å². The highest BCUT2D eigenvalue weighted by Crippen LogP contribution is 2.62. The molecule has 0 aromatic heterocycles. The van der Waals surface area contributed by atoms with Gasteiger partial charge in [0.1, 0.15) is 5.41 Å². The molecule has 4 fully saturated rings. The van der Waals surface area contributed by atoms with Gasteiger partial charge in [0.2, 0.25) is 11.8 Å². The lowest BCUT2D eigenvalue weighted by Gasteiger charge is -2.45. The number of nitrogens with zero attached hydrogens (tertiary/aromatic N) is 1. The molecule has 0 aromatic rings. The van der Waals surface area contributed by atoms with Crippen LogP contribution in [-0.2, 0) is 9.59 Å². The summed E-state index contributed by atoms with van der Waals surface area (Å²) in [6.07, 6.45) is 6.79. The standard InChI is InChI=1S/C14H18N2O3/c17-10-14(4-1-5-14)11(18)16(12(19)15-10)8-13(6-7-13)9-2-3-9/h9H,1-8H2,(H,15,17,19). The van der Waals surface area contributed by atoms with Crippen molar-refractivity contribution >= 4 is 17.8 Å². The molecule has 4 rings (SSSR count). The first kappa shape index (κ1) is 11.4. The summed E-state index contributed by atoms with van der Waals surface area (Å²) >= 11 is 0. The molecule has 1 spiro atoms. The summed E-state index contributed by atoms with van der Waals surface area (Å²) in [6, 6.07) is -0.501. The number of nitrogens with one attached hydrogen (secondary N) is 1. The van der Waals surface area contributed by atoms with E-state index in [4.69, 9.17) is 0 Å². The zero-order valence-corrected chi connectivity index (χ0v) is 10.9. The molecule has 102 valence electrons. The van der Waals surface area contributed by atoms with Crippen LogP contribution in [0.15, 0.2) is 0 Å². The molecule has 1 N–H and O–H groups in total. The molecular weight excluding hydrogens is 244 g/mol. The van der Waals surface area contributed by atoms with Gasteiger partial charge in [0, 0.05) is 6.54 Å². The topological polar surface area (TPSA) is 66.5 Å². The van der Waals surface area contributed by atoms with Crippen molar-refractivity contribution in [2.24, 2.45) is 16.7 Å². The number of urea groups is 1. The average molecular weight is 262 g/mol. The van der Waals surface area contributed by atoms with Gasteiger partial charge in [-0.2, -0.15) is 0 Å². The van der Waals surface area contributed by atoms with Crippen LogP contribution >= 0.6 is 0 Å². The highest BCUT2D eigenvalue weighted by molar-refractivity contribution is 6.19. The second-order valence-electron chi connectivity index (χ2n) is 6.72. The minimum Gasteiger partial charge on any atom is -0.277 e. The Bertz CT molecular complexity index is 487. The lowest BCUT2D eigenvalue weighted by atomic mass is 9.66. The number of barbiturate groups is 1. The van der Waals surface area contributed by atoms with Gasteiger partial charge in [-0.05, 0) is 49.9 Å². The van der Waals surface area contributed by atoms with Gasteiger partial charge >= 0.3 is 6.03 Å². The summed E-state index contributed by atoms with van der Waals surface area (Å²) in [5, 5.41) is 2.39. The summed E-state index contributed by atoms with van der Waals surface area (Å²) in [4.78, 5) is 37.8. The normalized spacial score (nSPS) is 31.2. The third-order valence-electron chi connectivity index (χ3n) is 5.57. The third kappa shape index (κ3) is 1.44. The van der Waals surface area contributed by atoms with Crippen molar-refractivity contribution in [2.75, 3.05) is 6.54 Å². The summed E-state index contributed by atoms with van der Waals surface area (Å²) < 4.78 is 0. The Morgan fingerprint density at radius 1 is 1.11 bits per heavy atom. The number of hydrogen-bond donors (Lipinski definition) is 1. The molecule has 0 atom stereocenters. The number of carbonyl (C=O) groups excluding carboxylic acids is 3. The van der Waals surface area contributed by atoms with E-state index in [1.807, 2.05) is 0 Å². The Morgan fingerprint density at radius 3 is 2.26 bits per heavy atom. The maximum atomic E-state index is 12.5. The van der Waals surface area contributed by atoms with Crippen molar-refractivity contribution < 1.29 is 14.4 Å². The van der Waals surface area contributed by atoms with Crippen LogP contribution in [0.25, 0.3) is 0 Å². The molecule has 5 heteroatoms. The molecule has 19 heavy (non-hydrogen) atoms. The number of amides is 4. The van der Waals surface area contributed by atoms with Gasteiger partial charge in [-0.15, -0.1) is 0 Å². The van der Waals surface area contributed by atoms with E-state index in [1.165, 1.54) is 17.7 Å². The molecule has 3 aliphatic carbocycles. The van der Waals surface area contributed by atoms with Gasteiger partial charge in [-0.25, -0.2) is 4.79 Å². The van der Waals surface area contributed by atoms with Crippen LogP contribution in [0.5, 0.6) is 0 Å². The zero-order valence-electron chi connectivity index (χ0n) is 10.9.